The van der Waals surface area contributed by atoms with Crippen LogP contribution in [-0.4, -0.2) is 26.5 Å². The van der Waals surface area contributed by atoms with Gasteiger partial charge in [0.05, 0.1) is 12.5 Å². The minimum absolute atomic E-state index is 0.0357. The van der Waals surface area contributed by atoms with Crippen molar-refractivity contribution in [1.29, 1.82) is 0 Å². The van der Waals surface area contributed by atoms with E-state index in [1.807, 2.05) is 0 Å². The van der Waals surface area contributed by atoms with Crippen molar-refractivity contribution in [3.8, 4) is 0 Å². The van der Waals surface area contributed by atoms with Crippen molar-refractivity contribution in [1.82, 2.24) is 0 Å². The predicted octanol–water partition coefficient (Wildman–Crippen LogP) is 4.84. The van der Waals surface area contributed by atoms with E-state index in [9.17, 15) is 4.79 Å². The van der Waals surface area contributed by atoms with Gasteiger partial charge in [0, 0.05) is 0 Å². The van der Waals surface area contributed by atoms with Crippen molar-refractivity contribution in [3.63, 3.8) is 0 Å². The molecule has 22 heavy (non-hydrogen) atoms. The predicted molar refractivity (Wildman–Crippen MR) is 91.0 cm³/mol. The molecule has 1 aliphatic rings. The zero-order valence-corrected chi connectivity index (χ0v) is 16.1. The third-order valence-electron chi connectivity index (χ3n) is 5.13. The van der Waals surface area contributed by atoms with Gasteiger partial charge < -0.3 is 4.74 Å². The summed E-state index contributed by atoms with van der Waals surface area (Å²) in [5.74, 6) is -0.109. The second-order valence-corrected chi connectivity index (χ2v) is 11.5. The van der Waals surface area contributed by atoms with E-state index in [0.717, 1.165) is 43.8 Å². The summed E-state index contributed by atoms with van der Waals surface area (Å²) in [7, 11) is -1.78. The molecule has 5 heteroatoms. The van der Waals surface area contributed by atoms with Gasteiger partial charge in [0.1, 0.15) is 5.60 Å². The Bertz CT molecular complexity index is 335. The monoisotopic (exact) mass is 330 g/mol. The molecule has 4 nitrogen and oxygen atoms in total. The molecule has 0 aromatic rings. The molecular weight excluding hydrogens is 296 g/mol. The third-order valence-corrected chi connectivity index (χ3v) is 9.44. The van der Waals surface area contributed by atoms with Gasteiger partial charge in [0.2, 0.25) is 8.32 Å². The summed E-state index contributed by atoms with van der Waals surface area (Å²) < 4.78 is 11.2. The number of unbranched alkanes of at least 4 members (excludes halogenated alkanes) is 1. The highest BCUT2D eigenvalue weighted by Crippen LogP contribution is 2.34. The summed E-state index contributed by atoms with van der Waals surface area (Å²) in [4.78, 5) is 17.8. The number of carbonyl (C=O) groups is 1. The summed E-state index contributed by atoms with van der Waals surface area (Å²) in [5.41, 5.74) is -0.387. The van der Waals surface area contributed by atoms with Gasteiger partial charge in [-0.05, 0) is 44.3 Å². The van der Waals surface area contributed by atoms with Crippen molar-refractivity contribution >= 4 is 14.3 Å². The Morgan fingerprint density at radius 2 is 1.86 bits per heavy atom. The molecule has 130 valence electrons. The summed E-state index contributed by atoms with van der Waals surface area (Å²) in [6, 6.07) is 3.19. The highest BCUT2D eigenvalue weighted by Gasteiger charge is 2.39. The van der Waals surface area contributed by atoms with E-state index in [2.05, 4.69) is 34.6 Å². The van der Waals surface area contributed by atoms with Crippen LogP contribution in [0.15, 0.2) is 0 Å². The van der Waals surface area contributed by atoms with Crippen molar-refractivity contribution in [2.45, 2.75) is 90.5 Å². The molecule has 0 saturated carbocycles. The Kier molecular flexibility index (Phi) is 8.07. The number of rotatable bonds is 11. The van der Waals surface area contributed by atoms with Crippen LogP contribution in [-0.2, 0) is 19.0 Å². The molecule has 0 amide bonds. The van der Waals surface area contributed by atoms with E-state index in [0.29, 0.717) is 13.0 Å². The summed E-state index contributed by atoms with van der Waals surface area (Å²) in [6.45, 7) is 11.4. The molecule has 1 heterocycles. The number of hydrogen-bond acceptors (Lipinski definition) is 4. The van der Waals surface area contributed by atoms with Crippen molar-refractivity contribution < 1.29 is 19.0 Å². The second kappa shape index (κ2) is 9.04. The minimum Gasteiger partial charge on any atom is -0.465 e. The molecule has 0 spiro atoms. The first-order valence-corrected chi connectivity index (χ1v) is 11.5. The Balaban J connectivity index is 2.71. The molecule has 0 unspecified atom stereocenters. The molecular formula is C17H34O4Si. The fourth-order valence-corrected chi connectivity index (χ4v) is 5.32. The lowest BCUT2D eigenvalue weighted by Gasteiger charge is -2.35. The third kappa shape index (κ3) is 5.35. The number of hydrogen-bond donors (Lipinski definition) is 0. The van der Waals surface area contributed by atoms with Crippen LogP contribution in [0, 0.1) is 5.92 Å². The van der Waals surface area contributed by atoms with Crippen LogP contribution < -0.4 is 0 Å². The van der Waals surface area contributed by atoms with Crippen LogP contribution in [0.3, 0.4) is 0 Å². The quantitative estimate of drug-likeness (QED) is 0.235. The average Bonchev–Trinajstić information content (AvgIpc) is 2.92. The van der Waals surface area contributed by atoms with Gasteiger partial charge in [0.15, 0.2) is 0 Å². The topological polar surface area (TPSA) is 44.8 Å². The highest BCUT2D eigenvalue weighted by molar-refractivity contribution is 6.73. The molecule has 1 rings (SSSR count). The fraction of sp³-hybridized carbons (Fsp3) is 0.941. The van der Waals surface area contributed by atoms with Gasteiger partial charge in [-0.1, -0.05) is 40.5 Å². The fourth-order valence-electron chi connectivity index (χ4n) is 3.09. The Hall–Kier alpha value is -0.393. The van der Waals surface area contributed by atoms with Gasteiger partial charge in [0.25, 0.3) is 0 Å². The maximum Gasteiger partial charge on any atom is 0.309 e. The Morgan fingerprint density at radius 1 is 1.23 bits per heavy atom. The number of ether oxygens (including phenoxy) is 1. The largest absolute Gasteiger partial charge is 0.465 e. The molecule has 1 saturated heterocycles. The maximum atomic E-state index is 11.8. The zero-order valence-electron chi connectivity index (χ0n) is 15.1. The van der Waals surface area contributed by atoms with E-state index < -0.39 is 8.32 Å². The standard InChI is InChI=1S/C17H34O4Si/c1-6-10-12-17(5,14-15-11-13-19-16(15)18)20-21-22(7-2,8-3)9-4/h15H,6-14H2,1-5H3/t15-,17+/m0/s1. The lowest BCUT2D eigenvalue weighted by atomic mass is 9.87. The number of esters is 1. The average molecular weight is 331 g/mol. The van der Waals surface area contributed by atoms with E-state index >= 15 is 0 Å². The first kappa shape index (κ1) is 19.7. The van der Waals surface area contributed by atoms with Crippen LogP contribution >= 0.6 is 0 Å². The summed E-state index contributed by atoms with van der Waals surface area (Å²) in [6.07, 6.45) is 4.64. The normalized spacial score (nSPS) is 21.7. The Labute approximate surface area is 137 Å². The molecule has 0 radical (unpaired) electrons. The van der Waals surface area contributed by atoms with Crippen LogP contribution in [0.1, 0.15) is 66.7 Å². The summed E-state index contributed by atoms with van der Waals surface area (Å²) >= 11 is 0. The molecule has 1 fully saturated rings. The Morgan fingerprint density at radius 3 is 2.32 bits per heavy atom. The van der Waals surface area contributed by atoms with Crippen molar-refractivity contribution in [3.05, 3.63) is 0 Å². The van der Waals surface area contributed by atoms with Crippen LogP contribution in [0.25, 0.3) is 0 Å². The van der Waals surface area contributed by atoms with E-state index in [-0.39, 0.29) is 17.5 Å². The molecule has 0 N–H and O–H groups in total. The first-order chi connectivity index (χ1) is 10.4. The molecule has 2 atom stereocenters. The zero-order chi connectivity index (χ0) is 16.6. The first-order valence-electron chi connectivity index (χ1n) is 8.97. The van der Waals surface area contributed by atoms with Gasteiger partial charge >= 0.3 is 5.97 Å². The maximum absolute atomic E-state index is 11.8. The lowest BCUT2D eigenvalue weighted by molar-refractivity contribution is -0.304. The molecule has 0 aliphatic carbocycles. The van der Waals surface area contributed by atoms with Gasteiger partial charge in [-0.15, -0.1) is 0 Å². The molecule has 0 bridgehead atoms. The SMILES string of the molecule is CCCC[C@](C)(C[C@@H]1CCOC1=O)OO[Si](CC)(CC)CC. The highest BCUT2D eigenvalue weighted by atomic mass is 28.4. The van der Waals surface area contributed by atoms with Crippen LogP contribution in [0.4, 0.5) is 0 Å². The molecule has 1 aliphatic heterocycles. The smallest absolute Gasteiger partial charge is 0.309 e. The molecule has 0 aromatic heterocycles. The van der Waals surface area contributed by atoms with Gasteiger partial charge in [-0.25, -0.2) is 4.89 Å². The van der Waals surface area contributed by atoms with Crippen molar-refractivity contribution in [2.75, 3.05) is 6.61 Å². The van der Waals surface area contributed by atoms with Gasteiger partial charge in [-0.2, -0.15) is 0 Å². The summed E-state index contributed by atoms with van der Waals surface area (Å²) in [5, 5.41) is 0. The van der Waals surface area contributed by atoms with Crippen molar-refractivity contribution in [2.24, 2.45) is 5.92 Å². The number of cyclic esters (lactones) is 1. The minimum atomic E-state index is -1.78. The van der Waals surface area contributed by atoms with Crippen LogP contribution in [0.2, 0.25) is 18.1 Å². The van der Waals surface area contributed by atoms with E-state index in [1.165, 1.54) is 0 Å². The molecule has 0 aromatic carbocycles. The van der Waals surface area contributed by atoms with E-state index in [4.69, 9.17) is 14.2 Å². The number of carbonyl (C=O) groups excluding carboxylic acids is 1. The van der Waals surface area contributed by atoms with E-state index in [1.54, 1.807) is 0 Å². The van der Waals surface area contributed by atoms with Gasteiger partial charge in [-0.3, -0.25) is 9.37 Å². The second-order valence-electron chi connectivity index (χ2n) is 6.82. The van der Waals surface area contributed by atoms with Crippen LogP contribution in [0.5, 0.6) is 0 Å². The lowest BCUT2D eigenvalue weighted by Crippen LogP contribution is -2.42.